The summed E-state index contributed by atoms with van der Waals surface area (Å²) in [5, 5.41) is 11.5. The van der Waals surface area contributed by atoms with E-state index in [-0.39, 0.29) is 23.8 Å². The Kier molecular flexibility index (Phi) is 5.62. The van der Waals surface area contributed by atoms with Crippen LogP contribution in [0.2, 0.25) is 0 Å². The molecule has 1 rings (SSSR count). The van der Waals surface area contributed by atoms with Gasteiger partial charge in [0.15, 0.2) is 18.1 Å². The molecule has 0 saturated heterocycles. The number of benzene rings is 1. The second-order valence-electron chi connectivity index (χ2n) is 3.54. The standard InChI is InChI=1S/C12H14BrNO5/c1-3-14-10(15)6-19-11-8(13)4-7(12(16)17)5-9(11)18-2/h4-5H,3,6H2,1-2H3,(H,14,15)(H,16,17). The number of halogens is 1. The smallest absolute Gasteiger partial charge is 0.335 e. The van der Waals surface area contributed by atoms with Crippen LogP contribution in [0, 0.1) is 0 Å². The highest BCUT2D eigenvalue weighted by Crippen LogP contribution is 2.36. The van der Waals surface area contributed by atoms with E-state index < -0.39 is 5.97 Å². The van der Waals surface area contributed by atoms with E-state index >= 15 is 0 Å². The van der Waals surface area contributed by atoms with Gasteiger partial charge in [-0.1, -0.05) is 0 Å². The topological polar surface area (TPSA) is 84.9 Å². The molecule has 7 heteroatoms. The Labute approximate surface area is 118 Å². The molecular formula is C12H14BrNO5. The van der Waals surface area contributed by atoms with Crippen LogP contribution < -0.4 is 14.8 Å². The van der Waals surface area contributed by atoms with Gasteiger partial charge in [0.2, 0.25) is 0 Å². The number of likely N-dealkylation sites (N-methyl/N-ethyl adjacent to an activating group) is 1. The number of carboxylic acid groups (broad SMARTS) is 1. The lowest BCUT2D eigenvalue weighted by atomic mass is 10.2. The number of methoxy groups -OCH3 is 1. The molecule has 19 heavy (non-hydrogen) atoms. The highest BCUT2D eigenvalue weighted by molar-refractivity contribution is 9.10. The Morgan fingerprint density at radius 2 is 2.11 bits per heavy atom. The zero-order valence-electron chi connectivity index (χ0n) is 10.5. The first-order valence-electron chi connectivity index (χ1n) is 5.49. The molecule has 1 aromatic rings. The number of carboxylic acids is 1. The van der Waals surface area contributed by atoms with Gasteiger partial charge in [-0.25, -0.2) is 4.79 Å². The SMILES string of the molecule is CCNC(=O)COc1c(Br)cc(C(=O)O)cc1OC. The highest BCUT2D eigenvalue weighted by atomic mass is 79.9. The van der Waals surface area contributed by atoms with E-state index in [1.165, 1.54) is 19.2 Å². The fraction of sp³-hybridized carbons (Fsp3) is 0.333. The molecule has 0 spiro atoms. The number of hydrogen-bond acceptors (Lipinski definition) is 4. The first-order chi connectivity index (χ1) is 8.99. The average Bonchev–Trinajstić information content (AvgIpc) is 2.36. The van der Waals surface area contributed by atoms with Crippen LogP contribution >= 0.6 is 15.9 Å². The van der Waals surface area contributed by atoms with E-state index in [0.717, 1.165) is 0 Å². The summed E-state index contributed by atoms with van der Waals surface area (Å²) in [6, 6.07) is 2.72. The number of hydrogen-bond donors (Lipinski definition) is 2. The minimum Gasteiger partial charge on any atom is -0.493 e. The van der Waals surface area contributed by atoms with E-state index in [4.69, 9.17) is 14.6 Å². The van der Waals surface area contributed by atoms with E-state index in [1.54, 1.807) is 6.92 Å². The van der Waals surface area contributed by atoms with Gasteiger partial charge in [0, 0.05) is 6.54 Å². The number of aromatic carboxylic acids is 1. The monoisotopic (exact) mass is 331 g/mol. The summed E-state index contributed by atoms with van der Waals surface area (Å²) in [7, 11) is 1.40. The first kappa shape index (κ1) is 15.3. The van der Waals surface area contributed by atoms with Gasteiger partial charge in [0.1, 0.15) is 0 Å². The largest absolute Gasteiger partial charge is 0.493 e. The van der Waals surface area contributed by atoms with E-state index in [2.05, 4.69) is 21.2 Å². The summed E-state index contributed by atoms with van der Waals surface area (Å²) < 4.78 is 10.8. The molecule has 0 aliphatic carbocycles. The molecule has 0 aliphatic heterocycles. The van der Waals surface area contributed by atoms with Crippen LogP contribution in [0.25, 0.3) is 0 Å². The zero-order valence-corrected chi connectivity index (χ0v) is 12.1. The summed E-state index contributed by atoms with van der Waals surface area (Å²) in [4.78, 5) is 22.2. The van der Waals surface area contributed by atoms with Gasteiger partial charge in [0.05, 0.1) is 17.1 Å². The molecular weight excluding hydrogens is 318 g/mol. The minimum absolute atomic E-state index is 0.0640. The van der Waals surface area contributed by atoms with Crippen molar-refractivity contribution in [2.45, 2.75) is 6.92 Å². The average molecular weight is 332 g/mol. The molecule has 1 aromatic carbocycles. The van der Waals surface area contributed by atoms with Crippen molar-refractivity contribution in [1.82, 2.24) is 5.32 Å². The van der Waals surface area contributed by atoms with E-state index in [1.807, 2.05) is 0 Å². The summed E-state index contributed by atoms with van der Waals surface area (Å²) >= 11 is 3.20. The molecule has 0 aromatic heterocycles. The van der Waals surface area contributed by atoms with Crippen molar-refractivity contribution < 1.29 is 24.2 Å². The molecule has 0 atom stereocenters. The Morgan fingerprint density at radius 1 is 1.42 bits per heavy atom. The van der Waals surface area contributed by atoms with Crippen molar-refractivity contribution in [3.63, 3.8) is 0 Å². The fourth-order valence-corrected chi connectivity index (χ4v) is 1.93. The second-order valence-corrected chi connectivity index (χ2v) is 4.39. The van der Waals surface area contributed by atoms with Crippen LogP contribution in [0.15, 0.2) is 16.6 Å². The molecule has 104 valence electrons. The zero-order chi connectivity index (χ0) is 14.4. The Balaban J connectivity index is 2.94. The fourth-order valence-electron chi connectivity index (χ4n) is 1.37. The number of nitrogens with one attached hydrogen (secondary N) is 1. The van der Waals surface area contributed by atoms with Crippen LogP contribution in [-0.4, -0.2) is 37.2 Å². The lowest BCUT2D eigenvalue weighted by Gasteiger charge is -2.13. The summed E-state index contributed by atoms with van der Waals surface area (Å²) in [5.41, 5.74) is 0.0640. The predicted octanol–water partition coefficient (Wildman–Crippen LogP) is 1.67. The quantitative estimate of drug-likeness (QED) is 0.828. The lowest BCUT2D eigenvalue weighted by Crippen LogP contribution is -2.28. The Hall–Kier alpha value is -1.76. The second kappa shape index (κ2) is 6.98. The van der Waals surface area contributed by atoms with Crippen molar-refractivity contribution in [2.24, 2.45) is 0 Å². The minimum atomic E-state index is -1.07. The Morgan fingerprint density at radius 3 is 2.63 bits per heavy atom. The molecule has 0 saturated carbocycles. The number of rotatable bonds is 6. The van der Waals surface area contributed by atoms with Crippen molar-refractivity contribution >= 4 is 27.8 Å². The third-order valence-corrected chi connectivity index (χ3v) is 2.79. The molecule has 0 radical (unpaired) electrons. The number of amides is 1. The molecule has 0 unspecified atom stereocenters. The summed E-state index contributed by atoms with van der Waals surface area (Å²) in [5.74, 6) is -0.803. The normalized spacial score (nSPS) is 9.84. The van der Waals surface area contributed by atoms with E-state index in [0.29, 0.717) is 16.8 Å². The highest BCUT2D eigenvalue weighted by Gasteiger charge is 2.15. The maximum absolute atomic E-state index is 11.3. The van der Waals surface area contributed by atoms with Gasteiger partial charge in [-0.2, -0.15) is 0 Å². The molecule has 2 N–H and O–H groups in total. The molecule has 6 nitrogen and oxygen atoms in total. The van der Waals surface area contributed by atoms with Crippen molar-refractivity contribution in [3.05, 3.63) is 22.2 Å². The maximum atomic E-state index is 11.3. The van der Waals surface area contributed by atoms with Gasteiger partial charge in [-0.3, -0.25) is 4.79 Å². The molecule has 0 heterocycles. The van der Waals surface area contributed by atoms with Gasteiger partial charge in [0.25, 0.3) is 5.91 Å². The first-order valence-corrected chi connectivity index (χ1v) is 6.29. The molecule has 1 amide bonds. The van der Waals surface area contributed by atoms with Crippen LogP contribution in [0.5, 0.6) is 11.5 Å². The number of carbonyl (C=O) groups is 2. The van der Waals surface area contributed by atoms with Crippen LogP contribution in [0.1, 0.15) is 17.3 Å². The van der Waals surface area contributed by atoms with Gasteiger partial charge in [-0.15, -0.1) is 0 Å². The maximum Gasteiger partial charge on any atom is 0.335 e. The van der Waals surface area contributed by atoms with Gasteiger partial charge < -0.3 is 19.9 Å². The van der Waals surface area contributed by atoms with Crippen molar-refractivity contribution in [2.75, 3.05) is 20.3 Å². The number of carbonyl (C=O) groups excluding carboxylic acids is 1. The van der Waals surface area contributed by atoms with Crippen molar-refractivity contribution in [1.29, 1.82) is 0 Å². The molecule has 0 fully saturated rings. The van der Waals surface area contributed by atoms with Crippen LogP contribution in [0.4, 0.5) is 0 Å². The lowest BCUT2D eigenvalue weighted by molar-refractivity contribution is -0.123. The number of ether oxygens (including phenoxy) is 2. The van der Waals surface area contributed by atoms with Crippen LogP contribution in [-0.2, 0) is 4.79 Å². The van der Waals surface area contributed by atoms with Gasteiger partial charge in [-0.05, 0) is 35.0 Å². The van der Waals surface area contributed by atoms with Gasteiger partial charge >= 0.3 is 5.97 Å². The van der Waals surface area contributed by atoms with Crippen molar-refractivity contribution in [3.8, 4) is 11.5 Å². The third-order valence-electron chi connectivity index (χ3n) is 2.20. The predicted molar refractivity (Wildman–Crippen MR) is 71.8 cm³/mol. The molecule has 0 aliphatic rings. The van der Waals surface area contributed by atoms with Crippen LogP contribution in [0.3, 0.4) is 0 Å². The summed E-state index contributed by atoms with van der Waals surface area (Å²) in [6.07, 6.45) is 0. The molecule has 0 bridgehead atoms. The third kappa shape index (κ3) is 4.13. The summed E-state index contributed by atoms with van der Waals surface area (Å²) in [6.45, 7) is 2.14. The van der Waals surface area contributed by atoms with E-state index in [9.17, 15) is 9.59 Å². The Bertz CT molecular complexity index is 489.